The number of benzene rings is 2. The van der Waals surface area contributed by atoms with E-state index < -0.39 is 0 Å². The van der Waals surface area contributed by atoms with Crippen LogP contribution in [0.4, 0.5) is 10.1 Å². The van der Waals surface area contributed by atoms with E-state index in [1.807, 2.05) is 31.2 Å². The molecule has 6 heteroatoms. The summed E-state index contributed by atoms with van der Waals surface area (Å²) in [6, 6.07) is 10.4. The van der Waals surface area contributed by atoms with Crippen LogP contribution in [0.15, 0.2) is 48.6 Å². The van der Waals surface area contributed by atoms with Crippen molar-refractivity contribution in [3.63, 3.8) is 0 Å². The third kappa shape index (κ3) is 5.03. The number of hydrogen-bond donors (Lipinski definition) is 3. The molecule has 1 amide bonds. The van der Waals surface area contributed by atoms with E-state index in [2.05, 4.69) is 22.0 Å². The molecule has 2 aromatic carbocycles. The number of halogens is 1. The van der Waals surface area contributed by atoms with Gasteiger partial charge >= 0.3 is 0 Å². The number of carbonyl (C=O) groups excluding carboxylic acids is 1. The van der Waals surface area contributed by atoms with Gasteiger partial charge in [-0.25, -0.2) is 4.39 Å². The molecule has 2 aromatic rings. The molecule has 31 heavy (non-hydrogen) atoms. The fourth-order valence-corrected chi connectivity index (χ4v) is 3.99. The average Bonchev–Trinajstić information content (AvgIpc) is 2.80. The topological polar surface area (TPSA) is 62.4 Å². The maximum absolute atomic E-state index is 14.7. The molecule has 4 rings (SSSR count). The van der Waals surface area contributed by atoms with Crippen LogP contribution in [0.2, 0.25) is 0 Å². The molecule has 0 unspecified atom stereocenters. The van der Waals surface area contributed by atoms with Crippen LogP contribution in [0.1, 0.15) is 41.3 Å². The van der Waals surface area contributed by atoms with Crippen molar-refractivity contribution in [3.05, 3.63) is 71.1 Å². The third-order valence-corrected chi connectivity index (χ3v) is 5.59. The first kappa shape index (κ1) is 21.3. The van der Waals surface area contributed by atoms with E-state index in [0.29, 0.717) is 23.4 Å². The average molecular weight is 422 g/mol. The highest BCUT2D eigenvalue weighted by Crippen LogP contribution is 2.32. The van der Waals surface area contributed by atoms with Crippen molar-refractivity contribution in [1.29, 1.82) is 0 Å². The zero-order valence-electron chi connectivity index (χ0n) is 17.8. The van der Waals surface area contributed by atoms with Crippen LogP contribution < -0.4 is 20.7 Å². The van der Waals surface area contributed by atoms with Crippen LogP contribution in [0.25, 0.3) is 11.1 Å². The normalized spacial score (nSPS) is 16.3. The highest BCUT2D eigenvalue weighted by Gasteiger charge is 2.16. The van der Waals surface area contributed by atoms with Gasteiger partial charge in [0.25, 0.3) is 5.91 Å². The summed E-state index contributed by atoms with van der Waals surface area (Å²) < 4.78 is 20.5. The van der Waals surface area contributed by atoms with Crippen LogP contribution >= 0.6 is 0 Å². The summed E-state index contributed by atoms with van der Waals surface area (Å²) in [6.45, 7) is 5.82. The van der Waals surface area contributed by atoms with Crippen molar-refractivity contribution in [2.75, 3.05) is 38.1 Å². The maximum atomic E-state index is 14.7. The van der Waals surface area contributed by atoms with Crippen molar-refractivity contribution in [2.24, 2.45) is 0 Å². The largest absolute Gasteiger partial charge is 0.493 e. The first-order valence-electron chi connectivity index (χ1n) is 10.8. The van der Waals surface area contributed by atoms with E-state index in [9.17, 15) is 9.18 Å². The second-order valence-corrected chi connectivity index (χ2v) is 7.66. The van der Waals surface area contributed by atoms with Gasteiger partial charge in [0, 0.05) is 41.5 Å². The lowest BCUT2D eigenvalue weighted by molar-refractivity contribution is 0.102. The van der Waals surface area contributed by atoms with E-state index in [1.165, 1.54) is 11.6 Å². The predicted octanol–water partition coefficient (Wildman–Crippen LogP) is 4.23. The summed E-state index contributed by atoms with van der Waals surface area (Å²) in [5.41, 5.74) is 4.75. The molecule has 0 fully saturated rings. The minimum atomic E-state index is -0.371. The van der Waals surface area contributed by atoms with Gasteiger partial charge < -0.3 is 20.7 Å². The standard InChI is InChI=1S/C25H28FN3O2/c1-2-31-24-16-20(4-6-22(24)18-9-13-28-14-10-18)29-25(30)19-3-5-21(23(26)15-19)17-7-11-27-12-8-17/h3-7,9,15-16,27-28H,2,8,10-14H2,1H3,(H,29,30). The molecule has 0 bridgehead atoms. The first-order chi connectivity index (χ1) is 15.2. The molecule has 2 aliphatic rings. The van der Waals surface area contributed by atoms with E-state index in [0.717, 1.165) is 55.9 Å². The fourth-order valence-electron chi connectivity index (χ4n) is 3.99. The predicted molar refractivity (Wildman–Crippen MR) is 123 cm³/mol. The minimum Gasteiger partial charge on any atom is -0.493 e. The molecule has 0 radical (unpaired) electrons. The van der Waals surface area contributed by atoms with Gasteiger partial charge in [0.2, 0.25) is 0 Å². The highest BCUT2D eigenvalue weighted by molar-refractivity contribution is 6.04. The van der Waals surface area contributed by atoms with Crippen molar-refractivity contribution < 1.29 is 13.9 Å². The Morgan fingerprint density at radius 1 is 1.00 bits per heavy atom. The van der Waals surface area contributed by atoms with E-state index >= 15 is 0 Å². The Morgan fingerprint density at radius 2 is 1.68 bits per heavy atom. The molecule has 3 N–H and O–H groups in total. The molecule has 5 nitrogen and oxygen atoms in total. The van der Waals surface area contributed by atoms with Gasteiger partial charge in [-0.15, -0.1) is 0 Å². The smallest absolute Gasteiger partial charge is 0.255 e. The van der Waals surface area contributed by atoms with Crippen LogP contribution in [-0.2, 0) is 0 Å². The van der Waals surface area contributed by atoms with Crippen molar-refractivity contribution in [2.45, 2.75) is 19.8 Å². The molecule has 0 aromatic heterocycles. The number of carbonyl (C=O) groups is 1. The quantitative estimate of drug-likeness (QED) is 0.653. The third-order valence-electron chi connectivity index (χ3n) is 5.59. The molecule has 0 atom stereocenters. The Bertz CT molecular complexity index is 1030. The highest BCUT2D eigenvalue weighted by atomic mass is 19.1. The van der Waals surface area contributed by atoms with Gasteiger partial charge in [0.05, 0.1) is 6.61 Å². The molecule has 162 valence electrons. The number of ether oxygens (including phenoxy) is 1. The Labute approximate surface area is 182 Å². The summed E-state index contributed by atoms with van der Waals surface area (Å²) >= 11 is 0. The van der Waals surface area contributed by atoms with Gasteiger partial charge in [-0.1, -0.05) is 18.2 Å². The van der Waals surface area contributed by atoms with Crippen LogP contribution in [-0.4, -0.2) is 38.7 Å². The SMILES string of the molecule is CCOc1cc(NC(=O)c2ccc(C3=CCNCC3)c(F)c2)ccc1C1=CCNCC1. The van der Waals surface area contributed by atoms with Crippen LogP contribution in [0, 0.1) is 5.82 Å². The summed E-state index contributed by atoms with van der Waals surface area (Å²) in [6.07, 6.45) is 5.88. The maximum Gasteiger partial charge on any atom is 0.255 e. The van der Waals surface area contributed by atoms with Gasteiger partial charge in [-0.2, -0.15) is 0 Å². The van der Waals surface area contributed by atoms with Crippen LogP contribution in [0.5, 0.6) is 5.75 Å². The summed E-state index contributed by atoms with van der Waals surface area (Å²) in [5.74, 6) is 0.0258. The second kappa shape index (κ2) is 9.90. The molecule has 0 saturated heterocycles. The zero-order chi connectivity index (χ0) is 21.6. The number of anilines is 1. The lowest BCUT2D eigenvalue weighted by Gasteiger charge is -2.18. The van der Waals surface area contributed by atoms with Gasteiger partial charge in [0.1, 0.15) is 11.6 Å². The molecular weight excluding hydrogens is 393 g/mol. The Balaban J connectivity index is 1.52. The molecule has 2 heterocycles. The lowest BCUT2D eigenvalue weighted by Crippen LogP contribution is -2.20. The molecule has 0 spiro atoms. The summed E-state index contributed by atoms with van der Waals surface area (Å²) in [7, 11) is 0. The summed E-state index contributed by atoms with van der Waals surface area (Å²) in [4.78, 5) is 12.7. The number of rotatable bonds is 6. The first-order valence-corrected chi connectivity index (χ1v) is 10.8. The summed E-state index contributed by atoms with van der Waals surface area (Å²) in [5, 5.41) is 9.40. The van der Waals surface area contributed by atoms with Gasteiger partial charge in [-0.05, 0) is 68.3 Å². The van der Waals surface area contributed by atoms with Crippen molar-refractivity contribution in [1.82, 2.24) is 10.6 Å². The Kier molecular flexibility index (Phi) is 6.79. The Hall–Kier alpha value is -2.96. The van der Waals surface area contributed by atoms with Crippen molar-refractivity contribution >= 4 is 22.7 Å². The molecule has 0 aliphatic carbocycles. The minimum absolute atomic E-state index is 0.291. The molecule has 0 saturated carbocycles. The Morgan fingerprint density at radius 3 is 2.29 bits per heavy atom. The number of amides is 1. The number of nitrogens with one attached hydrogen (secondary N) is 3. The van der Waals surface area contributed by atoms with Crippen LogP contribution in [0.3, 0.4) is 0 Å². The van der Waals surface area contributed by atoms with Gasteiger partial charge in [0.15, 0.2) is 0 Å². The van der Waals surface area contributed by atoms with Crippen molar-refractivity contribution in [3.8, 4) is 5.75 Å². The molecular formula is C25H28FN3O2. The zero-order valence-corrected chi connectivity index (χ0v) is 17.8. The second-order valence-electron chi connectivity index (χ2n) is 7.66. The van der Waals surface area contributed by atoms with E-state index in [-0.39, 0.29) is 11.7 Å². The molecule has 2 aliphatic heterocycles. The fraction of sp³-hybridized carbons (Fsp3) is 0.320. The number of hydrogen-bond acceptors (Lipinski definition) is 4. The van der Waals surface area contributed by atoms with E-state index in [1.54, 1.807) is 12.1 Å². The van der Waals surface area contributed by atoms with Gasteiger partial charge in [-0.3, -0.25) is 4.79 Å². The monoisotopic (exact) mass is 421 g/mol. The van der Waals surface area contributed by atoms with E-state index in [4.69, 9.17) is 4.74 Å². The lowest BCUT2D eigenvalue weighted by atomic mass is 9.98.